The molecule has 0 heterocycles. The van der Waals surface area contributed by atoms with Crippen molar-refractivity contribution in [2.75, 3.05) is 12.4 Å². The molecule has 0 saturated heterocycles. The zero-order valence-corrected chi connectivity index (χ0v) is 12.4. The summed E-state index contributed by atoms with van der Waals surface area (Å²) in [4.78, 5) is 34.6. The summed E-state index contributed by atoms with van der Waals surface area (Å²) in [6.07, 6.45) is 0. The predicted octanol–water partition coefficient (Wildman–Crippen LogP) is 1.71. The third kappa shape index (κ3) is 3.68. The maximum Gasteiger partial charge on any atom is 0.331 e. The molecule has 0 spiro atoms. The predicted molar refractivity (Wildman–Crippen MR) is 79.2 cm³/mol. The van der Waals surface area contributed by atoms with Gasteiger partial charge in [0.05, 0.1) is 0 Å². The summed E-state index contributed by atoms with van der Waals surface area (Å²) in [5.74, 6) is -1.90. The number of carbonyl (C=O) groups is 3. The van der Waals surface area contributed by atoms with Gasteiger partial charge in [0.15, 0.2) is 0 Å². The van der Waals surface area contributed by atoms with Crippen LogP contribution in [0.2, 0.25) is 0 Å². The second kappa shape index (κ2) is 6.69. The molecule has 1 aromatic carbocycles. The number of nitrogens with one attached hydrogen (secondary N) is 2. The first-order valence-electron chi connectivity index (χ1n) is 6.33. The number of benzene rings is 1. The lowest BCUT2D eigenvalue weighted by Crippen LogP contribution is -2.21. The molecule has 21 heavy (non-hydrogen) atoms. The summed E-state index contributed by atoms with van der Waals surface area (Å²) in [5, 5.41) is 14.0. The van der Waals surface area contributed by atoms with Gasteiger partial charge in [0.2, 0.25) is 0 Å². The number of carboxylic acids is 1. The first kappa shape index (κ1) is 16.4. The van der Waals surface area contributed by atoms with Crippen LogP contribution in [0.5, 0.6) is 0 Å². The number of carboxylic acid groups (broad SMARTS) is 1. The Morgan fingerprint density at radius 1 is 1.10 bits per heavy atom. The van der Waals surface area contributed by atoms with E-state index >= 15 is 0 Å². The van der Waals surface area contributed by atoms with Gasteiger partial charge in [0.1, 0.15) is 0 Å². The van der Waals surface area contributed by atoms with Crippen molar-refractivity contribution in [3.63, 3.8) is 0 Å². The molecule has 0 aromatic heterocycles. The molecule has 0 atom stereocenters. The molecule has 0 aliphatic carbocycles. The van der Waals surface area contributed by atoms with E-state index in [9.17, 15) is 14.4 Å². The molecule has 0 bridgehead atoms. The zero-order chi connectivity index (χ0) is 16.2. The summed E-state index contributed by atoms with van der Waals surface area (Å²) in [6.45, 7) is 4.52. The molecule has 0 saturated carbocycles. The molecule has 0 fully saturated rings. The van der Waals surface area contributed by atoms with Crippen molar-refractivity contribution in [1.29, 1.82) is 0 Å². The summed E-state index contributed by atoms with van der Waals surface area (Å²) < 4.78 is 0. The van der Waals surface area contributed by atoms with Crippen molar-refractivity contribution in [1.82, 2.24) is 5.32 Å². The maximum absolute atomic E-state index is 12.0. The number of rotatable bonds is 4. The fraction of sp³-hybridized carbons (Fsp3) is 0.267. The van der Waals surface area contributed by atoms with E-state index in [4.69, 9.17) is 5.11 Å². The van der Waals surface area contributed by atoms with E-state index in [0.29, 0.717) is 16.8 Å². The van der Waals surface area contributed by atoms with E-state index in [0.717, 1.165) is 0 Å². The molecule has 1 rings (SSSR count). The van der Waals surface area contributed by atoms with Crippen molar-refractivity contribution in [3.05, 3.63) is 40.5 Å². The highest BCUT2D eigenvalue weighted by molar-refractivity contribution is 6.09. The Morgan fingerprint density at radius 2 is 1.71 bits per heavy atom. The number of carbonyl (C=O) groups excluding carboxylic acids is 2. The molecule has 0 unspecified atom stereocenters. The Morgan fingerprint density at radius 3 is 2.24 bits per heavy atom. The molecule has 3 N–H and O–H groups in total. The van der Waals surface area contributed by atoms with Crippen LogP contribution in [0.15, 0.2) is 29.3 Å². The van der Waals surface area contributed by atoms with Crippen LogP contribution < -0.4 is 10.6 Å². The van der Waals surface area contributed by atoms with Gasteiger partial charge < -0.3 is 15.7 Å². The van der Waals surface area contributed by atoms with Gasteiger partial charge in [-0.15, -0.1) is 0 Å². The third-order valence-corrected chi connectivity index (χ3v) is 3.28. The highest BCUT2D eigenvalue weighted by Crippen LogP contribution is 2.20. The van der Waals surface area contributed by atoms with Crippen LogP contribution >= 0.6 is 0 Å². The van der Waals surface area contributed by atoms with Crippen LogP contribution in [-0.2, 0) is 9.59 Å². The molecular weight excluding hydrogens is 272 g/mol. The van der Waals surface area contributed by atoms with E-state index in [1.165, 1.54) is 20.9 Å². The van der Waals surface area contributed by atoms with Crippen LogP contribution in [0.25, 0.3) is 0 Å². The number of aliphatic carboxylic acids is 1. The molecule has 6 nitrogen and oxygen atoms in total. The Labute approximate surface area is 122 Å². The van der Waals surface area contributed by atoms with Gasteiger partial charge in [-0.3, -0.25) is 9.59 Å². The van der Waals surface area contributed by atoms with Crippen LogP contribution in [0.1, 0.15) is 29.8 Å². The number of hydrogen-bond donors (Lipinski definition) is 3. The van der Waals surface area contributed by atoms with Gasteiger partial charge in [-0.05, 0) is 38.5 Å². The molecular formula is C15H18N2O4. The van der Waals surface area contributed by atoms with Crippen molar-refractivity contribution in [2.24, 2.45) is 0 Å². The van der Waals surface area contributed by atoms with Crippen LogP contribution in [-0.4, -0.2) is 29.9 Å². The maximum atomic E-state index is 12.0. The van der Waals surface area contributed by atoms with Crippen molar-refractivity contribution < 1.29 is 19.5 Å². The summed E-state index contributed by atoms with van der Waals surface area (Å²) in [6, 6.07) is 4.95. The Hall–Kier alpha value is -2.63. The van der Waals surface area contributed by atoms with Crippen LogP contribution in [0.3, 0.4) is 0 Å². The van der Waals surface area contributed by atoms with Gasteiger partial charge in [-0.25, -0.2) is 4.79 Å². The highest BCUT2D eigenvalue weighted by Gasteiger charge is 2.15. The lowest BCUT2D eigenvalue weighted by atomic mass is 10.1. The van der Waals surface area contributed by atoms with E-state index < -0.39 is 11.9 Å². The lowest BCUT2D eigenvalue weighted by molar-refractivity contribution is -0.133. The number of amides is 2. The van der Waals surface area contributed by atoms with Crippen molar-refractivity contribution in [2.45, 2.75) is 20.8 Å². The monoisotopic (exact) mass is 290 g/mol. The zero-order valence-electron chi connectivity index (χ0n) is 12.4. The molecule has 2 amide bonds. The van der Waals surface area contributed by atoms with Gasteiger partial charge in [-0.1, -0.05) is 6.07 Å². The number of hydrogen-bond acceptors (Lipinski definition) is 3. The Balaban J connectivity index is 3.10. The van der Waals surface area contributed by atoms with Crippen molar-refractivity contribution >= 4 is 23.5 Å². The summed E-state index contributed by atoms with van der Waals surface area (Å²) in [7, 11) is 1.52. The van der Waals surface area contributed by atoms with Crippen molar-refractivity contribution in [3.8, 4) is 0 Å². The van der Waals surface area contributed by atoms with Gasteiger partial charge in [-0.2, -0.15) is 0 Å². The van der Waals surface area contributed by atoms with E-state index in [1.54, 1.807) is 25.1 Å². The third-order valence-electron chi connectivity index (χ3n) is 3.28. The lowest BCUT2D eigenvalue weighted by Gasteiger charge is -2.12. The summed E-state index contributed by atoms with van der Waals surface area (Å²) >= 11 is 0. The second-order valence-corrected chi connectivity index (χ2v) is 4.57. The fourth-order valence-electron chi connectivity index (χ4n) is 1.70. The Bertz CT molecular complexity index is 633. The van der Waals surface area contributed by atoms with E-state index in [-0.39, 0.29) is 17.1 Å². The van der Waals surface area contributed by atoms with Crippen LogP contribution in [0, 0.1) is 6.92 Å². The smallest absolute Gasteiger partial charge is 0.331 e. The first-order valence-corrected chi connectivity index (χ1v) is 6.33. The number of anilines is 1. The van der Waals surface area contributed by atoms with Gasteiger partial charge in [0, 0.05) is 29.4 Å². The van der Waals surface area contributed by atoms with E-state index in [1.807, 2.05) is 0 Å². The summed E-state index contributed by atoms with van der Waals surface area (Å²) in [5.41, 5.74) is 1.64. The SMILES string of the molecule is CNC(=O)c1cccc(NC(=O)C(C)=C(C)C(=O)O)c1C. The average molecular weight is 290 g/mol. The molecule has 0 aliphatic heterocycles. The molecule has 112 valence electrons. The normalized spacial score (nSPS) is 11.4. The molecule has 6 heteroatoms. The first-order chi connectivity index (χ1) is 9.79. The molecule has 0 aliphatic rings. The largest absolute Gasteiger partial charge is 0.478 e. The minimum atomic E-state index is -1.14. The van der Waals surface area contributed by atoms with Gasteiger partial charge in [0.25, 0.3) is 11.8 Å². The standard InChI is InChI=1S/C15H18N2O4/c1-8(9(2)15(20)21)13(18)17-12-7-5-6-11(10(12)3)14(19)16-4/h5-7H,1-4H3,(H,16,19)(H,17,18)(H,20,21). The second-order valence-electron chi connectivity index (χ2n) is 4.57. The molecule has 0 radical (unpaired) electrons. The highest BCUT2D eigenvalue weighted by atomic mass is 16.4. The minimum Gasteiger partial charge on any atom is -0.478 e. The van der Waals surface area contributed by atoms with E-state index in [2.05, 4.69) is 10.6 Å². The minimum absolute atomic E-state index is 0.0207. The Kier molecular flexibility index (Phi) is 5.24. The fourth-order valence-corrected chi connectivity index (χ4v) is 1.70. The topological polar surface area (TPSA) is 95.5 Å². The van der Waals surface area contributed by atoms with Gasteiger partial charge >= 0.3 is 5.97 Å². The average Bonchev–Trinajstić information content (AvgIpc) is 2.46. The van der Waals surface area contributed by atoms with Crippen LogP contribution in [0.4, 0.5) is 5.69 Å². The molecule has 1 aromatic rings. The quantitative estimate of drug-likeness (QED) is 0.736.